The lowest BCUT2D eigenvalue weighted by atomic mass is 10.0. The summed E-state index contributed by atoms with van der Waals surface area (Å²) in [6, 6.07) is 11.8. The minimum atomic E-state index is -0.215. The van der Waals surface area contributed by atoms with Crippen LogP contribution in [0, 0.1) is 13.8 Å². The Kier molecular flexibility index (Phi) is 6.99. The van der Waals surface area contributed by atoms with Crippen molar-refractivity contribution in [3.05, 3.63) is 59.4 Å². The molecule has 0 spiro atoms. The molecule has 0 bridgehead atoms. The van der Waals surface area contributed by atoms with Gasteiger partial charge in [-0.15, -0.1) is 0 Å². The van der Waals surface area contributed by atoms with Crippen molar-refractivity contribution in [2.75, 3.05) is 49.6 Å². The van der Waals surface area contributed by atoms with E-state index < -0.39 is 0 Å². The number of aryl methyl sites for hydroxylation is 2. The van der Waals surface area contributed by atoms with Crippen molar-refractivity contribution in [1.82, 2.24) is 4.90 Å². The predicted molar refractivity (Wildman–Crippen MR) is 130 cm³/mol. The van der Waals surface area contributed by atoms with Crippen LogP contribution in [0.25, 0.3) is 11.0 Å². The number of amides is 2. The number of morpholine rings is 1. The smallest absolute Gasteiger partial charge is 0.243 e. The summed E-state index contributed by atoms with van der Waals surface area (Å²) in [4.78, 5) is 29.4. The largest absolute Gasteiger partial charge is 0.464 e. The van der Waals surface area contributed by atoms with Crippen molar-refractivity contribution in [3.63, 3.8) is 0 Å². The second-order valence-corrected chi connectivity index (χ2v) is 8.47. The molecule has 0 radical (unpaired) electrons. The molecule has 1 aliphatic heterocycles. The summed E-state index contributed by atoms with van der Waals surface area (Å²) in [6.07, 6.45) is 1.84. The van der Waals surface area contributed by atoms with Crippen molar-refractivity contribution >= 4 is 34.2 Å². The van der Waals surface area contributed by atoms with Crippen LogP contribution in [-0.4, -0.2) is 56.1 Å². The molecular formula is C26H31N3O4. The van der Waals surface area contributed by atoms with Crippen molar-refractivity contribution < 1.29 is 18.7 Å². The summed E-state index contributed by atoms with van der Waals surface area (Å²) in [7, 11) is 0. The highest BCUT2D eigenvalue weighted by atomic mass is 16.5. The van der Waals surface area contributed by atoms with Crippen molar-refractivity contribution in [2.24, 2.45) is 0 Å². The van der Waals surface area contributed by atoms with Crippen LogP contribution in [0.3, 0.4) is 0 Å². The Balaban J connectivity index is 1.35. The molecule has 1 N–H and O–H groups in total. The molecule has 0 atom stereocenters. The highest BCUT2D eigenvalue weighted by Gasteiger charge is 2.19. The second-order valence-electron chi connectivity index (χ2n) is 8.47. The molecule has 0 saturated carbocycles. The van der Waals surface area contributed by atoms with E-state index in [-0.39, 0.29) is 24.8 Å². The zero-order valence-corrected chi connectivity index (χ0v) is 19.5. The first-order chi connectivity index (χ1) is 15.9. The van der Waals surface area contributed by atoms with Gasteiger partial charge in [0, 0.05) is 42.0 Å². The standard InChI is InChI=1S/C26H31N3O4/c1-4-28(26(31)15-20-17-33-24-14-19(3)18(2)13-23(20)24)16-25(30)27-21-5-7-22(8-6-21)29-9-11-32-12-10-29/h5-8,13-14,17H,4,9-12,15-16H2,1-3H3,(H,27,30). The number of hydrogen-bond donors (Lipinski definition) is 1. The number of fused-ring (bicyclic) bond motifs is 1. The van der Waals surface area contributed by atoms with E-state index in [0.29, 0.717) is 12.2 Å². The molecule has 0 unspecified atom stereocenters. The molecule has 174 valence electrons. The summed E-state index contributed by atoms with van der Waals surface area (Å²) < 4.78 is 11.0. The highest BCUT2D eigenvalue weighted by molar-refractivity contribution is 5.95. The SMILES string of the molecule is CCN(CC(=O)Nc1ccc(N2CCOCC2)cc1)C(=O)Cc1coc2cc(C)c(C)cc12. The number of hydrogen-bond acceptors (Lipinski definition) is 5. The van der Waals surface area contributed by atoms with Crippen molar-refractivity contribution in [1.29, 1.82) is 0 Å². The summed E-state index contributed by atoms with van der Waals surface area (Å²) in [6.45, 7) is 9.61. The Morgan fingerprint density at radius 2 is 1.76 bits per heavy atom. The van der Waals surface area contributed by atoms with Gasteiger partial charge < -0.3 is 24.3 Å². The number of nitrogens with zero attached hydrogens (tertiary/aromatic N) is 2. The van der Waals surface area contributed by atoms with Gasteiger partial charge in [-0.05, 0) is 68.3 Å². The van der Waals surface area contributed by atoms with E-state index in [1.165, 1.54) is 0 Å². The molecule has 7 nitrogen and oxygen atoms in total. The first-order valence-corrected chi connectivity index (χ1v) is 11.4. The number of carbonyl (C=O) groups excluding carboxylic acids is 2. The van der Waals surface area contributed by atoms with E-state index in [0.717, 1.165) is 59.7 Å². The lowest BCUT2D eigenvalue weighted by molar-refractivity contribution is -0.133. The molecule has 2 amide bonds. The van der Waals surface area contributed by atoms with Crippen LogP contribution in [-0.2, 0) is 20.7 Å². The topological polar surface area (TPSA) is 75.0 Å². The maximum Gasteiger partial charge on any atom is 0.243 e. The summed E-state index contributed by atoms with van der Waals surface area (Å²) in [5.74, 6) is -0.316. The quantitative estimate of drug-likeness (QED) is 0.592. The zero-order valence-electron chi connectivity index (χ0n) is 19.5. The van der Waals surface area contributed by atoms with Gasteiger partial charge in [0.2, 0.25) is 11.8 Å². The molecule has 2 aromatic carbocycles. The maximum atomic E-state index is 12.9. The van der Waals surface area contributed by atoms with Gasteiger partial charge in [-0.2, -0.15) is 0 Å². The lowest BCUT2D eigenvalue weighted by Crippen LogP contribution is -2.38. The van der Waals surface area contributed by atoms with Crippen LogP contribution < -0.4 is 10.2 Å². The Morgan fingerprint density at radius 1 is 1.06 bits per heavy atom. The Hall–Kier alpha value is -3.32. The van der Waals surface area contributed by atoms with Gasteiger partial charge >= 0.3 is 0 Å². The average molecular weight is 450 g/mol. The van der Waals surface area contributed by atoms with Crippen LogP contribution in [0.4, 0.5) is 11.4 Å². The monoisotopic (exact) mass is 449 g/mol. The molecule has 0 aliphatic carbocycles. The fourth-order valence-electron chi connectivity index (χ4n) is 4.08. The molecule has 3 aromatic rings. The van der Waals surface area contributed by atoms with Gasteiger partial charge in [-0.1, -0.05) is 0 Å². The first kappa shape index (κ1) is 22.9. The minimum Gasteiger partial charge on any atom is -0.464 e. The molecule has 7 heteroatoms. The molecule has 1 fully saturated rings. The number of nitrogens with one attached hydrogen (secondary N) is 1. The van der Waals surface area contributed by atoms with Gasteiger partial charge in [0.15, 0.2) is 0 Å². The van der Waals surface area contributed by atoms with Crippen LogP contribution in [0.1, 0.15) is 23.6 Å². The molecule has 4 rings (SSSR count). The van der Waals surface area contributed by atoms with Gasteiger partial charge in [0.05, 0.1) is 32.4 Å². The molecule has 1 aromatic heterocycles. The maximum absolute atomic E-state index is 12.9. The fourth-order valence-corrected chi connectivity index (χ4v) is 4.08. The van der Waals surface area contributed by atoms with Crippen LogP contribution >= 0.6 is 0 Å². The molecule has 1 saturated heterocycles. The van der Waals surface area contributed by atoms with E-state index in [4.69, 9.17) is 9.15 Å². The Labute approximate surface area is 194 Å². The number of carbonyl (C=O) groups is 2. The van der Waals surface area contributed by atoms with Gasteiger partial charge in [-0.25, -0.2) is 0 Å². The molecule has 1 aliphatic rings. The summed E-state index contributed by atoms with van der Waals surface area (Å²) >= 11 is 0. The van der Waals surface area contributed by atoms with Gasteiger partial charge in [0.25, 0.3) is 0 Å². The first-order valence-electron chi connectivity index (χ1n) is 11.4. The number of benzene rings is 2. The van der Waals surface area contributed by atoms with E-state index in [2.05, 4.69) is 16.3 Å². The van der Waals surface area contributed by atoms with Gasteiger partial charge in [-0.3, -0.25) is 9.59 Å². The number of likely N-dealkylation sites (N-methyl/N-ethyl adjacent to an activating group) is 1. The predicted octanol–water partition coefficient (Wildman–Crippen LogP) is 3.92. The Bertz CT molecular complexity index is 1130. The molecule has 33 heavy (non-hydrogen) atoms. The fraction of sp³-hybridized carbons (Fsp3) is 0.385. The van der Waals surface area contributed by atoms with Crippen LogP contribution in [0.5, 0.6) is 0 Å². The van der Waals surface area contributed by atoms with E-state index in [1.54, 1.807) is 11.2 Å². The van der Waals surface area contributed by atoms with Crippen LogP contribution in [0.2, 0.25) is 0 Å². The van der Waals surface area contributed by atoms with Crippen molar-refractivity contribution in [2.45, 2.75) is 27.2 Å². The Morgan fingerprint density at radius 3 is 2.45 bits per heavy atom. The van der Waals surface area contributed by atoms with E-state index in [1.807, 2.05) is 51.1 Å². The molecule has 2 heterocycles. The third-order valence-electron chi connectivity index (χ3n) is 6.21. The number of ether oxygens (including phenoxy) is 1. The number of anilines is 2. The zero-order chi connectivity index (χ0) is 23.4. The number of rotatable bonds is 7. The molecular weight excluding hydrogens is 418 g/mol. The van der Waals surface area contributed by atoms with E-state index in [9.17, 15) is 9.59 Å². The normalized spacial score (nSPS) is 13.8. The average Bonchev–Trinajstić information content (AvgIpc) is 3.19. The second kappa shape index (κ2) is 10.1. The third kappa shape index (κ3) is 5.37. The van der Waals surface area contributed by atoms with E-state index >= 15 is 0 Å². The minimum absolute atomic E-state index is 0.00840. The summed E-state index contributed by atoms with van der Waals surface area (Å²) in [5, 5.41) is 3.85. The lowest BCUT2D eigenvalue weighted by Gasteiger charge is -2.29. The summed E-state index contributed by atoms with van der Waals surface area (Å²) in [5.41, 5.74) is 5.76. The third-order valence-corrected chi connectivity index (χ3v) is 6.21. The van der Waals surface area contributed by atoms with Crippen molar-refractivity contribution in [3.8, 4) is 0 Å². The van der Waals surface area contributed by atoms with Gasteiger partial charge in [0.1, 0.15) is 5.58 Å². The number of furan rings is 1. The highest BCUT2D eigenvalue weighted by Crippen LogP contribution is 2.25. The van der Waals surface area contributed by atoms with Crippen LogP contribution in [0.15, 0.2) is 47.1 Å².